The van der Waals surface area contributed by atoms with Gasteiger partial charge in [0, 0.05) is 23.5 Å². The van der Waals surface area contributed by atoms with Gasteiger partial charge in [-0.05, 0) is 57.4 Å². The van der Waals surface area contributed by atoms with Crippen molar-refractivity contribution in [3.8, 4) is 0 Å². The number of hydrogen-bond donors (Lipinski definition) is 0. The topological polar surface area (TPSA) is 63.4 Å². The van der Waals surface area contributed by atoms with Gasteiger partial charge in [-0.2, -0.15) is 4.98 Å². The second-order valence-corrected chi connectivity index (χ2v) is 9.90. The zero-order chi connectivity index (χ0) is 20.7. The molecule has 2 heterocycles. The molecular formula is C24H35N5O. The summed E-state index contributed by atoms with van der Waals surface area (Å²) < 4.78 is 1.77. The van der Waals surface area contributed by atoms with Gasteiger partial charge in [-0.3, -0.25) is 4.79 Å². The Labute approximate surface area is 179 Å². The van der Waals surface area contributed by atoms with E-state index in [2.05, 4.69) is 20.0 Å². The minimum atomic E-state index is 0.232. The first-order valence-electron chi connectivity index (χ1n) is 12.1. The predicted octanol–water partition coefficient (Wildman–Crippen LogP) is 4.41. The van der Waals surface area contributed by atoms with Crippen LogP contribution in [0.4, 0.5) is 0 Å². The predicted molar refractivity (Wildman–Crippen MR) is 116 cm³/mol. The molecule has 0 unspecified atom stereocenters. The lowest BCUT2D eigenvalue weighted by molar-refractivity contribution is -0.136. The quantitative estimate of drug-likeness (QED) is 0.734. The lowest BCUT2D eigenvalue weighted by atomic mass is 9.70. The van der Waals surface area contributed by atoms with Crippen LogP contribution < -0.4 is 0 Å². The first-order valence-corrected chi connectivity index (χ1v) is 12.1. The van der Waals surface area contributed by atoms with E-state index in [1.54, 1.807) is 4.52 Å². The highest BCUT2D eigenvalue weighted by Crippen LogP contribution is 2.43. The van der Waals surface area contributed by atoms with Crippen molar-refractivity contribution in [3.05, 3.63) is 23.3 Å². The van der Waals surface area contributed by atoms with Crippen LogP contribution in [0.3, 0.4) is 0 Å². The van der Waals surface area contributed by atoms with Gasteiger partial charge in [0.15, 0.2) is 5.82 Å². The summed E-state index contributed by atoms with van der Waals surface area (Å²) in [6, 6.07) is 2.88. The fraction of sp³-hybridized carbons (Fsp3) is 0.750. The largest absolute Gasteiger partial charge is 0.336 e. The highest BCUT2D eigenvalue weighted by atomic mass is 16.2. The molecule has 0 radical (unpaired) electrons. The van der Waals surface area contributed by atoms with Crippen LogP contribution in [-0.4, -0.2) is 42.5 Å². The Kier molecular flexibility index (Phi) is 5.50. The van der Waals surface area contributed by atoms with Gasteiger partial charge in [-0.1, -0.05) is 44.9 Å². The molecule has 0 saturated heterocycles. The second-order valence-electron chi connectivity index (χ2n) is 9.90. The van der Waals surface area contributed by atoms with Crippen molar-refractivity contribution in [1.82, 2.24) is 24.5 Å². The fourth-order valence-electron chi connectivity index (χ4n) is 6.12. The molecule has 3 aliphatic rings. The van der Waals surface area contributed by atoms with Crippen molar-refractivity contribution in [1.29, 1.82) is 0 Å². The lowest BCUT2D eigenvalue weighted by Gasteiger charge is -2.44. The van der Waals surface area contributed by atoms with Crippen LogP contribution >= 0.6 is 0 Å². The van der Waals surface area contributed by atoms with Crippen LogP contribution in [0, 0.1) is 25.7 Å². The summed E-state index contributed by atoms with van der Waals surface area (Å²) in [6.07, 6.45) is 14.6. The summed E-state index contributed by atoms with van der Waals surface area (Å²) >= 11 is 0. The number of carbonyl (C=O) groups is 1. The maximum atomic E-state index is 13.6. The minimum Gasteiger partial charge on any atom is -0.336 e. The molecule has 1 amide bonds. The summed E-state index contributed by atoms with van der Waals surface area (Å²) in [4.78, 5) is 24.9. The van der Waals surface area contributed by atoms with Gasteiger partial charge in [-0.15, -0.1) is 5.10 Å². The van der Waals surface area contributed by atoms with Crippen molar-refractivity contribution >= 4 is 11.7 Å². The highest BCUT2D eigenvalue weighted by molar-refractivity contribution is 5.79. The lowest BCUT2D eigenvalue weighted by Crippen LogP contribution is -2.50. The zero-order valence-electron chi connectivity index (χ0n) is 18.5. The van der Waals surface area contributed by atoms with E-state index in [1.165, 1.54) is 57.8 Å². The Bertz CT molecular complexity index is 912. The first kappa shape index (κ1) is 20.0. The molecule has 0 aliphatic heterocycles. The van der Waals surface area contributed by atoms with Gasteiger partial charge in [-0.25, -0.2) is 9.50 Å². The van der Waals surface area contributed by atoms with Crippen LogP contribution in [0.15, 0.2) is 6.07 Å². The van der Waals surface area contributed by atoms with E-state index in [0.717, 1.165) is 30.1 Å². The van der Waals surface area contributed by atoms with E-state index >= 15 is 0 Å². The molecule has 30 heavy (non-hydrogen) atoms. The molecule has 5 rings (SSSR count). The molecule has 2 atom stereocenters. The Hall–Kier alpha value is -1.98. The van der Waals surface area contributed by atoms with E-state index in [0.29, 0.717) is 36.0 Å². The number of aromatic nitrogens is 4. The van der Waals surface area contributed by atoms with Crippen molar-refractivity contribution < 1.29 is 4.79 Å². The Balaban J connectivity index is 1.37. The van der Waals surface area contributed by atoms with Crippen molar-refractivity contribution in [3.63, 3.8) is 0 Å². The second kappa shape index (κ2) is 8.27. The van der Waals surface area contributed by atoms with Crippen LogP contribution in [0.5, 0.6) is 0 Å². The van der Waals surface area contributed by atoms with Gasteiger partial charge in [0.2, 0.25) is 5.91 Å². The summed E-state index contributed by atoms with van der Waals surface area (Å²) in [5.41, 5.74) is 1.94. The number of hydrogen-bond acceptors (Lipinski definition) is 4. The van der Waals surface area contributed by atoms with Crippen molar-refractivity contribution in [2.75, 3.05) is 0 Å². The van der Waals surface area contributed by atoms with Gasteiger partial charge in [0.05, 0.1) is 6.42 Å². The molecule has 0 spiro atoms. The molecule has 6 nitrogen and oxygen atoms in total. The Morgan fingerprint density at radius 3 is 2.50 bits per heavy atom. The van der Waals surface area contributed by atoms with Crippen LogP contribution in [0.2, 0.25) is 0 Å². The average molecular weight is 410 g/mol. The van der Waals surface area contributed by atoms with E-state index < -0.39 is 0 Å². The maximum absolute atomic E-state index is 13.6. The number of carbonyl (C=O) groups excluding carboxylic acids is 1. The van der Waals surface area contributed by atoms with E-state index in [-0.39, 0.29) is 5.91 Å². The third-order valence-corrected chi connectivity index (χ3v) is 7.59. The number of nitrogens with zero attached hydrogens (tertiary/aromatic N) is 5. The van der Waals surface area contributed by atoms with Crippen LogP contribution in [0.1, 0.15) is 87.8 Å². The highest BCUT2D eigenvalue weighted by Gasteiger charge is 2.43. The smallest absolute Gasteiger partial charge is 0.252 e. The van der Waals surface area contributed by atoms with E-state index in [9.17, 15) is 4.79 Å². The number of aryl methyl sites for hydroxylation is 2. The normalized spacial score (nSPS) is 25.5. The molecule has 3 fully saturated rings. The standard InChI is InChI=1S/C24H35N5O/c1-16-14-17(2)29-24(25-16)26-22(27-29)15-23(30)28(19-12-13-19)21-11-7-6-10-20(21)18-8-4-3-5-9-18/h14,18-21H,3-13,15H2,1-2H3/t20-,21+/m1/s1. The van der Waals surface area contributed by atoms with Crippen LogP contribution in [-0.2, 0) is 11.2 Å². The van der Waals surface area contributed by atoms with Gasteiger partial charge in [0.25, 0.3) is 5.78 Å². The SMILES string of the molecule is Cc1cc(C)n2nc(CC(=O)N(C3CC3)[C@H]3CCCC[C@@H]3C3CCCCC3)nc2n1. The molecule has 0 N–H and O–H groups in total. The fourth-order valence-corrected chi connectivity index (χ4v) is 6.12. The third kappa shape index (κ3) is 3.97. The monoisotopic (exact) mass is 409 g/mol. The van der Waals surface area contributed by atoms with E-state index in [1.807, 2.05) is 19.9 Å². The number of rotatable bonds is 5. The molecular weight excluding hydrogens is 374 g/mol. The first-order chi connectivity index (χ1) is 14.6. The summed E-state index contributed by atoms with van der Waals surface area (Å²) in [5.74, 6) is 2.96. The van der Waals surface area contributed by atoms with Crippen molar-refractivity contribution in [2.45, 2.75) is 103 Å². The molecule has 2 aromatic rings. The van der Waals surface area contributed by atoms with Gasteiger partial charge >= 0.3 is 0 Å². The Morgan fingerprint density at radius 2 is 1.73 bits per heavy atom. The van der Waals surface area contributed by atoms with Crippen LogP contribution in [0.25, 0.3) is 5.78 Å². The number of amides is 1. The zero-order valence-corrected chi connectivity index (χ0v) is 18.5. The molecule has 162 valence electrons. The molecule has 6 heteroatoms. The Morgan fingerprint density at radius 1 is 1.00 bits per heavy atom. The molecule has 3 aliphatic carbocycles. The van der Waals surface area contributed by atoms with Gasteiger partial charge < -0.3 is 4.90 Å². The van der Waals surface area contributed by atoms with Crippen molar-refractivity contribution in [2.24, 2.45) is 11.8 Å². The summed E-state index contributed by atoms with van der Waals surface area (Å²) in [7, 11) is 0. The molecule has 2 aromatic heterocycles. The van der Waals surface area contributed by atoms with Gasteiger partial charge in [0.1, 0.15) is 0 Å². The average Bonchev–Trinajstić information content (AvgIpc) is 3.48. The molecule has 0 bridgehead atoms. The minimum absolute atomic E-state index is 0.232. The number of fused-ring (bicyclic) bond motifs is 1. The maximum Gasteiger partial charge on any atom is 0.252 e. The molecule has 0 aromatic carbocycles. The summed E-state index contributed by atoms with van der Waals surface area (Å²) in [5, 5.41) is 4.61. The third-order valence-electron chi connectivity index (χ3n) is 7.59. The summed E-state index contributed by atoms with van der Waals surface area (Å²) in [6.45, 7) is 3.98. The van der Waals surface area contributed by atoms with E-state index in [4.69, 9.17) is 0 Å². The molecule has 3 saturated carbocycles.